The van der Waals surface area contributed by atoms with Crippen LogP contribution in [0.3, 0.4) is 0 Å². The van der Waals surface area contributed by atoms with E-state index in [1.807, 2.05) is 39.0 Å². The Bertz CT molecular complexity index is 341. The molecule has 0 amide bonds. The van der Waals surface area contributed by atoms with Crippen molar-refractivity contribution < 1.29 is 4.74 Å². The van der Waals surface area contributed by atoms with Crippen LogP contribution in [0.25, 0.3) is 0 Å². The summed E-state index contributed by atoms with van der Waals surface area (Å²) in [6.45, 7) is 6.66. The summed E-state index contributed by atoms with van der Waals surface area (Å²) < 4.78 is 5.74. The first-order valence-corrected chi connectivity index (χ1v) is 5.32. The molecule has 0 radical (unpaired) electrons. The molecule has 1 aromatic rings. The van der Waals surface area contributed by atoms with Crippen molar-refractivity contribution in [1.29, 1.82) is 0 Å². The number of ether oxygens (including phenoxy) is 1. The molecule has 0 saturated carbocycles. The topological polar surface area (TPSA) is 9.23 Å². The molecule has 1 rings (SSSR count). The van der Waals surface area contributed by atoms with Gasteiger partial charge < -0.3 is 4.74 Å². The molecular weight excluding hydrogens is 184 g/mol. The Labute approximate surface area is 92.5 Å². The lowest BCUT2D eigenvalue weighted by molar-refractivity contribution is 0.0144. The Morgan fingerprint density at radius 2 is 1.87 bits per heavy atom. The van der Waals surface area contributed by atoms with E-state index in [1.54, 1.807) is 0 Å². The minimum absolute atomic E-state index is 0.355. The lowest BCUT2D eigenvalue weighted by Crippen LogP contribution is -2.21. The molecule has 0 unspecified atom stereocenters. The third-order valence-corrected chi connectivity index (χ3v) is 2.01. The van der Waals surface area contributed by atoms with Crippen molar-refractivity contribution >= 4 is 0 Å². The van der Waals surface area contributed by atoms with Gasteiger partial charge in [0.15, 0.2) is 0 Å². The molecule has 0 saturated heterocycles. The fraction of sp³-hybridized carbons (Fsp3) is 0.429. The van der Waals surface area contributed by atoms with E-state index in [4.69, 9.17) is 4.74 Å². The van der Waals surface area contributed by atoms with Crippen LogP contribution >= 0.6 is 0 Å². The minimum Gasteiger partial charge on any atom is -0.358 e. The van der Waals surface area contributed by atoms with Gasteiger partial charge in [-0.3, -0.25) is 0 Å². The standard InChI is InChI=1S/C14H18O/c1-4-5-11-14(2,3)15-12-13-9-7-6-8-10-13/h6-10H,4,12H2,1-3H3. The van der Waals surface area contributed by atoms with Gasteiger partial charge in [0.25, 0.3) is 0 Å². The lowest BCUT2D eigenvalue weighted by Gasteiger charge is -2.18. The van der Waals surface area contributed by atoms with Gasteiger partial charge in [-0.1, -0.05) is 43.2 Å². The molecule has 80 valence electrons. The molecule has 0 aliphatic heterocycles. The van der Waals surface area contributed by atoms with E-state index in [0.717, 1.165) is 6.42 Å². The molecule has 0 aliphatic rings. The van der Waals surface area contributed by atoms with Gasteiger partial charge in [-0.15, -0.1) is 5.92 Å². The average molecular weight is 202 g/mol. The second kappa shape index (κ2) is 5.58. The van der Waals surface area contributed by atoms with E-state index >= 15 is 0 Å². The molecule has 0 spiro atoms. The van der Waals surface area contributed by atoms with Gasteiger partial charge in [0.2, 0.25) is 0 Å². The predicted octanol–water partition coefficient (Wildman–Crippen LogP) is 3.40. The van der Waals surface area contributed by atoms with Crippen molar-refractivity contribution in [3.05, 3.63) is 35.9 Å². The summed E-state index contributed by atoms with van der Waals surface area (Å²) in [5.74, 6) is 6.16. The molecule has 0 N–H and O–H groups in total. The number of benzene rings is 1. The van der Waals surface area contributed by atoms with Gasteiger partial charge in [0, 0.05) is 6.42 Å². The first kappa shape index (κ1) is 11.8. The highest BCUT2D eigenvalue weighted by molar-refractivity contribution is 5.15. The van der Waals surface area contributed by atoms with Crippen LogP contribution in [0.1, 0.15) is 32.8 Å². The largest absolute Gasteiger partial charge is 0.358 e. The van der Waals surface area contributed by atoms with E-state index in [9.17, 15) is 0 Å². The van der Waals surface area contributed by atoms with Crippen LogP contribution in [-0.4, -0.2) is 5.60 Å². The first-order chi connectivity index (χ1) is 7.14. The summed E-state index contributed by atoms with van der Waals surface area (Å²) >= 11 is 0. The molecule has 0 aliphatic carbocycles. The summed E-state index contributed by atoms with van der Waals surface area (Å²) in [7, 11) is 0. The van der Waals surface area contributed by atoms with E-state index in [2.05, 4.69) is 24.0 Å². The zero-order valence-electron chi connectivity index (χ0n) is 9.71. The third-order valence-electron chi connectivity index (χ3n) is 2.01. The third kappa shape index (κ3) is 4.67. The summed E-state index contributed by atoms with van der Waals surface area (Å²) in [5, 5.41) is 0. The van der Waals surface area contributed by atoms with E-state index in [-0.39, 0.29) is 5.60 Å². The molecule has 1 nitrogen and oxygen atoms in total. The Kier molecular flexibility index (Phi) is 4.39. The summed E-state index contributed by atoms with van der Waals surface area (Å²) in [4.78, 5) is 0. The predicted molar refractivity (Wildman–Crippen MR) is 63.4 cm³/mol. The first-order valence-electron chi connectivity index (χ1n) is 5.32. The van der Waals surface area contributed by atoms with Crippen molar-refractivity contribution in [2.75, 3.05) is 0 Å². The van der Waals surface area contributed by atoms with E-state index in [1.165, 1.54) is 5.56 Å². The smallest absolute Gasteiger partial charge is 0.123 e. The summed E-state index contributed by atoms with van der Waals surface area (Å²) in [6, 6.07) is 10.2. The van der Waals surface area contributed by atoms with Gasteiger partial charge >= 0.3 is 0 Å². The number of hydrogen-bond donors (Lipinski definition) is 0. The normalized spacial score (nSPS) is 10.6. The maximum absolute atomic E-state index is 5.74. The molecule has 0 fully saturated rings. The monoisotopic (exact) mass is 202 g/mol. The number of hydrogen-bond acceptors (Lipinski definition) is 1. The average Bonchev–Trinajstić information content (AvgIpc) is 2.25. The van der Waals surface area contributed by atoms with Crippen LogP contribution in [0.5, 0.6) is 0 Å². The molecule has 0 aromatic heterocycles. The van der Waals surface area contributed by atoms with Crippen LogP contribution < -0.4 is 0 Å². The molecule has 1 aromatic carbocycles. The Morgan fingerprint density at radius 1 is 1.20 bits per heavy atom. The van der Waals surface area contributed by atoms with Gasteiger partial charge in [-0.2, -0.15) is 0 Å². The number of rotatable bonds is 3. The molecular formula is C14H18O. The van der Waals surface area contributed by atoms with Crippen molar-refractivity contribution in [1.82, 2.24) is 0 Å². The maximum Gasteiger partial charge on any atom is 0.123 e. The molecule has 0 heterocycles. The van der Waals surface area contributed by atoms with E-state index < -0.39 is 0 Å². The highest BCUT2D eigenvalue weighted by Gasteiger charge is 2.13. The molecule has 15 heavy (non-hydrogen) atoms. The van der Waals surface area contributed by atoms with Crippen LogP contribution in [0.4, 0.5) is 0 Å². The van der Waals surface area contributed by atoms with Crippen LogP contribution in [0.2, 0.25) is 0 Å². The Balaban J connectivity index is 2.50. The molecule has 0 atom stereocenters. The van der Waals surface area contributed by atoms with Crippen molar-refractivity contribution in [3.8, 4) is 11.8 Å². The van der Waals surface area contributed by atoms with Crippen molar-refractivity contribution in [3.63, 3.8) is 0 Å². The minimum atomic E-state index is -0.355. The summed E-state index contributed by atoms with van der Waals surface area (Å²) in [6.07, 6.45) is 0.873. The molecule has 0 bridgehead atoms. The van der Waals surface area contributed by atoms with Crippen molar-refractivity contribution in [2.45, 2.75) is 39.4 Å². The zero-order chi connectivity index (χ0) is 11.1. The van der Waals surface area contributed by atoms with Crippen LogP contribution in [-0.2, 0) is 11.3 Å². The lowest BCUT2D eigenvalue weighted by atomic mass is 10.1. The van der Waals surface area contributed by atoms with Crippen LogP contribution in [0, 0.1) is 11.8 Å². The zero-order valence-corrected chi connectivity index (χ0v) is 9.71. The quantitative estimate of drug-likeness (QED) is 0.683. The van der Waals surface area contributed by atoms with Crippen LogP contribution in [0.15, 0.2) is 30.3 Å². The maximum atomic E-state index is 5.74. The second-order valence-corrected chi connectivity index (χ2v) is 3.94. The summed E-state index contributed by atoms with van der Waals surface area (Å²) in [5.41, 5.74) is 0.829. The highest BCUT2D eigenvalue weighted by Crippen LogP contribution is 2.11. The van der Waals surface area contributed by atoms with Gasteiger partial charge in [0.1, 0.15) is 5.60 Å². The fourth-order valence-electron chi connectivity index (χ4n) is 1.18. The van der Waals surface area contributed by atoms with Gasteiger partial charge in [-0.05, 0) is 19.4 Å². The fourth-order valence-corrected chi connectivity index (χ4v) is 1.18. The highest BCUT2D eigenvalue weighted by atomic mass is 16.5. The van der Waals surface area contributed by atoms with Gasteiger partial charge in [-0.25, -0.2) is 0 Å². The van der Waals surface area contributed by atoms with E-state index in [0.29, 0.717) is 6.61 Å². The SMILES string of the molecule is CCC#CC(C)(C)OCc1ccccc1. The second-order valence-electron chi connectivity index (χ2n) is 3.94. The van der Waals surface area contributed by atoms with Gasteiger partial charge in [0.05, 0.1) is 6.61 Å². The Morgan fingerprint density at radius 3 is 2.47 bits per heavy atom. The van der Waals surface area contributed by atoms with Crippen molar-refractivity contribution in [2.24, 2.45) is 0 Å². The molecule has 1 heteroatoms. The Hall–Kier alpha value is -1.26.